The Morgan fingerprint density at radius 1 is 1.40 bits per heavy atom. The monoisotopic (exact) mass is 299 g/mol. The van der Waals surface area contributed by atoms with Gasteiger partial charge in [-0.05, 0) is 37.8 Å². The molecule has 1 aliphatic rings. The average molecular weight is 299 g/mol. The Morgan fingerprint density at radius 2 is 2.20 bits per heavy atom. The zero-order valence-electron chi connectivity index (χ0n) is 11.6. The summed E-state index contributed by atoms with van der Waals surface area (Å²) in [5, 5.41) is 9.72. The maximum atomic E-state index is 12.2. The van der Waals surface area contributed by atoms with Gasteiger partial charge in [0.1, 0.15) is 5.75 Å². The minimum Gasteiger partial charge on any atom is -0.494 e. The SMILES string of the molecule is CCOc1cccc(S(=O)(=O)NC[C@H]2CCC[C@@H]2O)c1. The zero-order valence-corrected chi connectivity index (χ0v) is 12.4. The van der Waals surface area contributed by atoms with Gasteiger partial charge in [-0.1, -0.05) is 12.5 Å². The normalized spacial score (nSPS) is 22.9. The number of sulfonamides is 1. The van der Waals surface area contributed by atoms with E-state index in [1.54, 1.807) is 12.1 Å². The first kappa shape index (κ1) is 15.3. The highest BCUT2D eigenvalue weighted by atomic mass is 32.2. The summed E-state index contributed by atoms with van der Waals surface area (Å²) in [4.78, 5) is 0.191. The number of hydrogen-bond donors (Lipinski definition) is 2. The third kappa shape index (κ3) is 3.71. The van der Waals surface area contributed by atoms with Crippen LogP contribution in [0.25, 0.3) is 0 Å². The molecule has 1 aromatic rings. The molecule has 0 unspecified atom stereocenters. The Morgan fingerprint density at radius 3 is 2.85 bits per heavy atom. The largest absolute Gasteiger partial charge is 0.494 e. The summed E-state index contributed by atoms with van der Waals surface area (Å²) in [6, 6.07) is 6.43. The second-order valence-corrected chi connectivity index (χ2v) is 6.79. The molecule has 0 spiro atoms. The molecule has 2 rings (SSSR count). The Bertz CT molecular complexity index is 544. The van der Waals surface area contributed by atoms with Crippen LogP contribution < -0.4 is 9.46 Å². The lowest BCUT2D eigenvalue weighted by atomic mass is 10.1. The molecule has 5 nitrogen and oxygen atoms in total. The first-order valence-corrected chi connectivity index (χ1v) is 8.42. The van der Waals surface area contributed by atoms with Gasteiger partial charge in [-0.3, -0.25) is 0 Å². The van der Waals surface area contributed by atoms with Crippen LogP contribution in [-0.4, -0.2) is 32.8 Å². The maximum absolute atomic E-state index is 12.2. The molecule has 0 aromatic heterocycles. The smallest absolute Gasteiger partial charge is 0.240 e. The predicted molar refractivity (Wildman–Crippen MR) is 76.1 cm³/mol. The van der Waals surface area contributed by atoms with Crippen LogP contribution in [0.3, 0.4) is 0 Å². The third-order valence-corrected chi connectivity index (χ3v) is 5.00. The molecule has 1 aromatic carbocycles. The fraction of sp³-hybridized carbons (Fsp3) is 0.571. The molecule has 20 heavy (non-hydrogen) atoms. The summed E-state index contributed by atoms with van der Waals surface area (Å²) < 4.78 is 32.3. The van der Waals surface area contributed by atoms with Gasteiger partial charge in [-0.15, -0.1) is 0 Å². The molecule has 2 atom stereocenters. The lowest BCUT2D eigenvalue weighted by molar-refractivity contribution is 0.134. The number of aliphatic hydroxyl groups excluding tert-OH is 1. The van der Waals surface area contributed by atoms with Gasteiger partial charge in [0.15, 0.2) is 0 Å². The van der Waals surface area contributed by atoms with E-state index in [9.17, 15) is 13.5 Å². The summed E-state index contributed by atoms with van der Waals surface area (Å²) in [7, 11) is -3.55. The second kappa shape index (κ2) is 6.56. The van der Waals surface area contributed by atoms with Gasteiger partial charge >= 0.3 is 0 Å². The van der Waals surface area contributed by atoms with Crippen molar-refractivity contribution in [3.8, 4) is 5.75 Å². The van der Waals surface area contributed by atoms with Crippen molar-refractivity contribution in [3.63, 3.8) is 0 Å². The van der Waals surface area contributed by atoms with E-state index in [4.69, 9.17) is 4.74 Å². The standard InChI is InChI=1S/C14H21NO4S/c1-2-19-12-6-4-7-13(9-12)20(17,18)15-10-11-5-3-8-14(11)16/h4,6-7,9,11,14-16H,2-3,5,8,10H2,1H3/t11-,14+/m1/s1. The molecule has 1 saturated carbocycles. The molecule has 0 heterocycles. The molecule has 1 fully saturated rings. The fourth-order valence-electron chi connectivity index (χ4n) is 2.45. The van der Waals surface area contributed by atoms with Crippen molar-refractivity contribution in [2.45, 2.75) is 37.2 Å². The molecular formula is C14H21NO4S. The highest BCUT2D eigenvalue weighted by Crippen LogP contribution is 2.25. The molecule has 112 valence electrons. The Kier molecular flexibility index (Phi) is 5.01. The van der Waals surface area contributed by atoms with Crippen LogP contribution in [0.2, 0.25) is 0 Å². The van der Waals surface area contributed by atoms with Gasteiger partial charge in [0.05, 0.1) is 17.6 Å². The third-order valence-electron chi connectivity index (χ3n) is 3.58. The van der Waals surface area contributed by atoms with E-state index in [1.807, 2.05) is 6.92 Å². The fourth-order valence-corrected chi connectivity index (χ4v) is 3.58. The summed E-state index contributed by atoms with van der Waals surface area (Å²) in [5.41, 5.74) is 0. The van der Waals surface area contributed by atoms with E-state index in [2.05, 4.69) is 4.72 Å². The highest BCUT2D eigenvalue weighted by molar-refractivity contribution is 7.89. The van der Waals surface area contributed by atoms with Crippen LogP contribution in [0.5, 0.6) is 5.75 Å². The van der Waals surface area contributed by atoms with Crippen LogP contribution in [0.15, 0.2) is 29.2 Å². The van der Waals surface area contributed by atoms with E-state index in [1.165, 1.54) is 12.1 Å². The predicted octanol–water partition coefficient (Wildman–Crippen LogP) is 1.52. The molecule has 2 N–H and O–H groups in total. The quantitative estimate of drug-likeness (QED) is 0.835. The van der Waals surface area contributed by atoms with Gasteiger partial charge in [0, 0.05) is 12.6 Å². The number of benzene rings is 1. The van der Waals surface area contributed by atoms with Crippen LogP contribution in [0.1, 0.15) is 26.2 Å². The number of aliphatic hydroxyl groups is 1. The van der Waals surface area contributed by atoms with Crippen LogP contribution in [0.4, 0.5) is 0 Å². The molecule has 0 amide bonds. The van der Waals surface area contributed by atoms with Crippen molar-refractivity contribution < 1.29 is 18.3 Å². The van der Waals surface area contributed by atoms with Crippen molar-refractivity contribution in [1.82, 2.24) is 4.72 Å². The number of ether oxygens (including phenoxy) is 1. The van der Waals surface area contributed by atoms with E-state index in [-0.39, 0.29) is 17.4 Å². The van der Waals surface area contributed by atoms with E-state index in [0.29, 0.717) is 12.4 Å². The van der Waals surface area contributed by atoms with Gasteiger partial charge in [-0.25, -0.2) is 13.1 Å². The minimum absolute atomic E-state index is 0.0137. The zero-order chi connectivity index (χ0) is 14.6. The molecule has 0 aliphatic heterocycles. The molecule has 1 aliphatic carbocycles. The van der Waals surface area contributed by atoms with Crippen molar-refractivity contribution >= 4 is 10.0 Å². The Labute approximate surface area is 120 Å². The molecule has 0 saturated heterocycles. The molecule has 0 bridgehead atoms. The molecule has 0 radical (unpaired) electrons. The Hall–Kier alpha value is -1.11. The number of rotatable bonds is 6. The second-order valence-electron chi connectivity index (χ2n) is 5.02. The van der Waals surface area contributed by atoms with E-state index < -0.39 is 16.1 Å². The average Bonchev–Trinajstić information content (AvgIpc) is 2.83. The maximum Gasteiger partial charge on any atom is 0.240 e. The molecule has 6 heteroatoms. The summed E-state index contributed by atoms with van der Waals surface area (Å²) in [5.74, 6) is 0.552. The highest BCUT2D eigenvalue weighted by Gasteiger charge is 2.26. The van der Waals surface area contributed by atoms with Crippen LogP contribution in [0, 0.1) is 5.92 Å². The van der Waals surface area contributed by atoms with Crippen molar-refractivity contribution in [2.75, 3.05) is 13.2 Å². The van der Waals surface area contributed by atoms with Crippen molar-refractivity contribution in [2.24, 2.45) is 5.92 Å². The minimum atomic E-state index is -3.55. The summed E-state index contributed by atoms with van der Waals surface area (Å²) in [6.07, 6.45) is 2.18. The van der Waals surface area contributed by atoms with E-state index in [0.717, 1.165) is 19.3 Å². The summed E-state index contributed by atoms with van der Waals surface area (Å²) in [6.45, 7) is 2.62. The van der Waals surface area contributed by atoms with E-state index >= 15 is 0 Å². The van der Waals surface area contributed by atoms with Crippen molar-refractivity contribution in [3.05, 3.63) is 24.3 Å². The lowest BCUT2D eigenvalue weighted by Crippen LogP contribution is -2.32. The van der Waals surface area contributed by atoms with Crippen LogP contribution >= 0.6 is 0 Å². The molecular weight excluding hydrogens is 278 g/mol. The summed E-state index contributed by atoms with van der Waals surface area (Å²) >= 11 is 0. The van der Waals surface area contributed by atoms with Gasteiger partial charge in [0.2, 0.25) is 10.0 Å². The van der Waals surface area contributed by atoms with Crippen molar-refractivity contribution in [1.29, 1.82) is 0 Å². The van der Waals surface area contributed by atoms with Gasteiger partial charge in [0.25, 0.3) is 0 Å². The number of nitrogens with one attached hydrogen (secondary N) is 1. The first-order valence-electron chi connectivity index (χ1n) is 6.93. The van der Waals surface area contributed by atoms with Crippen LogP contribution in [-0.2, 0) is 10.0 Å². The first-order chi connectivity index (χ1) is 9.53. The number of hydrogen-bond acceptors (Lipinski definition) is 4. The Balaban J connectivity index is 2.04. The van der Waals surface area contributed by atoms with Gasteiger partial charge < -0.3 is 9.84 Å². The van der Waals surface area contributed by atoms with Gasteiger partial charge in [-0.2, -0.15) is 0 Å². The lowest BCUT2D eigenvalue weighted by Gasteiger charge is -2.15. The topological polar surface area (TPSA) is 75.6 Å².